The van der Waals surface area contributed by atoms with Crippen LogP contribution in [0.5, 0.6) is 0 Å². The summed E-state index contributed by atoms with van der Waals surface area (Å²) in [6.45, 7) is 3.85. The Labute approximate surface area is 123 Å². The van der Waals surface area contributed by atoms with E-state index in [1.165, 1.54) is 0 Å². The largest absolute Gasteiger partial charge is 0.394 e. The van der Waals surface area contributed by atoms with E-state index >= 15 is 0 Å². The molecular formula is C16H21N3O2. The number of anilines is 1. The van der Waals surface area contributed by atoms with Crippen LogP contribution in [-0.4, -0.2) is 28.3 Å². The van der Waals surface area contributed by atoms with E-state index in [1.54, 1.807) is 0 Å². The van der Waals surface area contributed by atoms with Crippen LogP contribution >= 0.6 is 0 Å². The molecule has 5 nitrogen and oxygen atoms in total. The standard InChI is InChI=1S/C16H21N3O2/c1-10-7-11-8-13(5-6-14(11)17-10)18-15(21)19-16(2,9-20)12-3-4-12/h5-8,12,17,20H,3-4,9H2,1-2H3,(H2,18,19,21). The lowest BCUT2D eigenvalue weighted by molar-refractivity contribution is 0.159. The number of carbonyl (C=O) groups excluding carboxylic acids is 1. The molecule has 1 aliphatic carbocycles. The first-order valence-corrected chi connectivity index (χ1v) is 7.29. The van der Waals surface area contributed by atoms with E-state index in [2.05, 4.69) is 15.6 Å². The second-order valence-corrected chi connectivity index (χ2v) is 6.18. The second-order valence-electron chi connectivity index (χ2n) is 6.18. The molecule has 2 aromatic rings. The van der Waals surface area contributed by atoms with Crippen molar-refractivity contribution >= 4 is 22.6 Å². The summed E-state index contributed by atoms with van der Waals surface area (Å²) >= 11 is 0. The topological polar surface area (TPSA) is 77.2 Å². The number of carbonyl (C=O) groups is 1. The number of benzene rings is 1. The zero-order valence-corrected chi connectivity index (χ0v) is 12.4. The molecule has 0 bridgehead atoms. The zero-order valence-electron chi connectivity index (χ0n) is 12.4. The molecule has 1 aromatic carbocycles. The summed E-state index contributed by atoms with van der Waals surface area (Å²) in [5, 5.41) is 16.3. The highest BCUT2D eigenvalue weighted by Crippen LogP contribution is 2.39. The van der Waals surface area contributed by atoms with Crippen molar-refractivity contribution in [3.05, 3.63) is 30.0 Å². The Morgan fingerprint density at radius 3 is 2.86 bits per heavy atom. The molecule has 0 radical (unpaired) electrons. The number of fused-ring (bicyclic) bond motifs is 1. The number of hydrogen-bond donors (Lipinski definition) is 4. The molecule has 3 rings (SSSR count). The lowest BCUT2D eigenvalue weighted by Gasteiger charge is -2.28. The predicted octanol–water partition coefficient (Wildman–Crippen LogP) is 2.76. The van der Waals surface area contributed by atoms with Gasteiger partial charge in [-0.1, -0.05) is 0 Å². The van der Waals surface area contributed by atoms with Crippen LogP contribution in [0.3, 0.4) is 0 Å². The number of amides is 2. The fourth-order valence-electron chi connectivity index (χ4n) is 2.77. The van der Waals surface area contributed by atoms with Gasteiger partial charge in [0.1, 0.15) is 0 Å². The summed E-state index contributed by atoms with van der Waals surface area (Å²) in [5.41, 5.74) is 2.36. The smallest absolute Gasteiger partial charge is 0.319 e. The molecule has 0 spiro atoms. The Hall–Kier alpha value is -2.01. The van der Waals surface area contributed by atoms with E-state index < -0.39 is 5.54 Å². The normalized spacial score (nSPS) is 17.5. The van der Waals surface area contributed by atoms with E-state index in [9.17, 15) is 9.90 Å². The fourth-order valence-corrected chi connectivity index (χ4v) is 2.77. The van der Waals surface area contributed by atoms with Gasteiger partial charge in [0, 0.05) is 22.3 Å². The van der Waals surface area contributed by atoms with Gasteiger partial charge >= 0.3 is 6.03 Å². The Kier molecular flexibility index (Phi) is 3.37. The second kappa shape index (κ2) is 5.07. The van der Waals surface area contributed by atoms with Crippen LogP contribution in [-0.2, 0) is 0 Å². The molecule has 1 fully saturated rings. The van der Waals surface area contributed by atoms with E-state index in [1.807, 2.05) is 38.1 Å². The van der Waals surface area contributed by atoms with E-state index in [0.29, 0.717) is 5.92 Å². The zero-order chi connectivity index (χ0) is 15.0. The Balaban J connectivity index is 1.70. The Morgan fingerprint density at radius 1 is 1.43 bits per heavy atom. The Bertz CT molecular complexity index is 675. The van der Waals surface area contributed by atoms with Crippen molar-refractivity contribution in [3.8, 4) is 0 Å². The molecule has 2 amide bonds. The van der Waals surface area contributed by atoms with Gasteiger partial charge in [-0.2, -0.15) is 0 Å². The van der Waals surface area contributed by atoms with Crippen molar-refractivity contribution in [1.82, 2.24) is 10.3 Å². The Morgan fingerprint density at radius 2 is 2.19 bits per heavy atom. The lowest BCUT2D eigenvalue weighted by atomic mass is 9.97. The number of aromatic amines is 1. The number of hydrogen-bond acceptors (Lipinski definition) is 2. The molecule has 1 unspecified atom stereocenters. The summed E-state index contributed by atoms with van der Waals surface area (Å²) in [6.07, 6.45) is 2.12. The van der Waals surface area contributed by atoms with Gasteiger partial charge in [-0.05, 0) is 56.9 Å². The monoisotopic (exact) mass is 287 g/mol. The van der Waals surface area contributed by atoms with E-state index in [-0.39, 0.29) is 12.6 Å². The number of aromatic nitrogens is 1. The third-order valence-corrected chi connectivity index (χ3v) is 4.22. The minimum Gasteiger partial charge on any atom is -0.394 e. The van der Waals surface area contributed by atoms with Crippen LogP contribution in [0, 0.1) is 12.8 Å². The SMILES string of the molecule is Cc1cc2cc(NC(=O)NC(C)(CO)C3CC3)ccc2[nH]1. The average Bonchev–Trinajstić information content (AvgIpc) is 3.21. The number of urea groups is 1. The highest BCUT2D eigenvalue weighted by molar-refractivity contribution is 5.93. The molecule has 21 heavy (non-hydrogen) atoms. The third kappa shape index (κ3) is 2.88. The van der Waals surface area contributed by atoms with Gasteiger partial charge in [-0.25, -0.2) is 4.79 Å². The molecule has 1 aromatic heterocycles. The summed E-state index contributed by atoms with van der Waals surface area (Å²) < 4.78 is 0. The van der Waals surface area contributed by atoms with Crippen molar-refractivity contribution in [3.63, 3.8) is 0 Å². The van der Waals surface area contributed by atoms with Crippen molar-refractivity contribution < 1.29 is 9.90 Å². The molecule has 1 atom stereocenters. The molecule has 1 aliphatic rings. The molecule has 112 valence electrons. The molecule has 0 saturated heterocycles. The van der Waals surface area contributed by atoms with Gasteiger partial charge in [0.25, 0.3) is 0 Å². The van der Waals surface area contributed by atoms with Gasteiger partial charge in [-0.3, -0.25) is 0 Å². The molecule has 1 heterocycles. The molecule has 4 N–H and O–H groups in total. The maximum Gasteiger partial charge on any atom is 0.319 e. The number of H-pyrrole nitrogens is 1. The summed E-state index contributed by atoms with van der Waals surface area (Å²) in [7, 11) is 0. The first kappa shape index (κ1) is 13.9. The maximum atomic E-state index is 12.1. The minimum atomic E-state index is -0.529. The lowest BCUT2D eigenvalue weighted by Crippen LogP contribution is -2.52. The quantitative estimate of drug-likeness (QED) is 0.698. The van der Waals surface area contributed by atoms with Crippen LogP contribution in [0.15, 0.2) is 24.3 Å². The average molecular weight is 287 g/mol. The molecular weight excluding hydrogens is 266 g/mol. The summed E-state index contributed by atoms with van der Waals surface area (Å²) in [4.78, 5) is 15.4. The van der Waals surface area contributed by atoms with Gasteiger partial charge in [0.05, 0.1) is 12.1 Å². The van der Waals surface area contributed by atoms with Gasteiger partial charge < -0.3 is 20.7 Å². The predicted molar refractivity (Wildman–Crippen MR) is 83.4 cm³/mol. The van der Waals surface area contributed by atoms with Crippen molar-refractivity contribution in [2.24, 2.45) is 5.92 Å². The number of aliphatic hydroxyl groups is 1. The van der Waals surface area contributed by atoms with Crippen molar-refractivity contribution in [1.29, 1.82) is 0 Å². The third-order valence-electron chi connectivity index (χ3n) is 4.22. The van der Waals surface area contributed by atoms with Gasteiger partial charge in [0.2, 0.25) is 0 Å². The number of aryl methyl sites for hydroxylation is 1. The highest BCUT2D eigenvalue weighted by Gasteiger charge is 2.42. The molecule has 5 heteroatoms. The van der Waals surface area contributed by atoms with Crippen LogP contribution in [0.25, 0.3) is 10.9 Å². The van der Waals surface area contributed by atoms with Crippen LogP contribution in [0.1, 0.15) is 25.5 Å². The number of nitrogens with one attached hydrogen (secondary N) is 3. The van der Waals surface area contributed by atoms with Crippen LogP contribution in [0.2, 0.25) is 0 Å². The summed E-state index contributed by atoms with van der Waals surface area (Å²) in [6, 6.07) is 7.52. The van der Waals surface area contributed by atoms with Gasteiger partial charge in [-0.15, -0.1) is 0 Å². The van der Waals surface area contributed by atoms with E-state index in [4.69, 9.17) is 0 Å². The number of aliphatic hydroxyl groups excluding tert-OH is 1. The van der Waals surface area contributed by atoms with Crippen molar-refractivity contribution in [2.75, 3.05) is 11.9 Å². The van der Waals surface area contributed by atoms with E-state index in [0.717, 1.165) is 35.1 Å². The first-order valence-electron chi connectivity index (χ1n) is 7.29. The van der Waals surface area contributed by atoms with Crippen LogP contribution in [0.4, 0.5) is 10.5 Å². The molecule has 0 aliphatic heterocycles. The maximum absolute atomic E-state index is 12.1. The minimum absolute atomic E-state index is 0.0405. The van der Waals surface area contributed by atoms with Crippen LogP contribution < -0.4 is 10.6 Å². The highest BCUT2D eigenvalue weighted by atomic mass is 16.3. The first-order chi connectivity index (χ1) is 10.00. The fraction of sp³-hybridized carbons (Fsp3) is 0.438. The number of rotatable bonds is 4. The van der Waals surface area contributed by atoms with Gasteiger partial charge in [0.15, 0.2) is 0 Å². The molecule has 1 saturated carbocycles. The van der Waals surface area contributed by atoms with Crippen molar-refractivity contribution in [2.45, 2.75) is 32.2 Å². The summed E-state index contributed by atoms with van der Waals surface area (Å²) in [5.74, 6) is 0.378.